The van der Waals surface area contributed by atoms with Gasteiger partial charge in [-0.3, -0.25) is 0 Å². The molecule has 0 aliphatic carbocycles. The monoisotopic (exact) mass is 410 g/mol. The standard InChI is InChI=1S/C25H24F2OS/c26-25(27)17-24(29-19-22-9-5-2-6-10-22)16-13-20-11-14-23(15-12-20)28-18-21-7-3-1-4-8-21/h1-12,14-15,17,24H,13,16,18-19H2/t24-/m1/s1. The Bertz CT molecular complexity index is 876. The Labute approximate surface area is 175 Å². The van der Waals surface area contributed by atoms with Crippen molar-refractivity contribution in [1.29, 1.82) is 0 Å². The van der Waals surface area contributed by atoms with Gasteiger partial charge in [-0.1, -0.05) is 72.8 Å². The van der Waals surface area contributed by atoms with Gasteiger partial charge in [-0.05, 0) is 47.7 Å². The van der Waals surface area contributed by atoms with Crippen LogP contribution in [0.2, 0.25) is 0 Å². The molecule has 0 bridgehead atoms. The van der Waals surface area contributed by atoms with Crippen molar-refractivity contribution in [2.75, 3.05) is 0 Å². The number of hydrogen-bond donors (Lipinski definition) is 0. The predicted octanol–water partition coefficient (Wildman–Crippen LogP) is 7.28. The number of aryl methyl sites for hydroxylation is 1. The Hall–Kier alpha value is -2.59. The highest BCUT2D eigenvalue weighted by molar-refractivity contribution is 7.99. The molecule has 0 aliphatic heterocycles. The van der Waals surface area contributed by atoms with Crippen LogP contribution in [0.15, 0.2) is 97.1 Å². The lowest BCUT2D eigenvalue weighted by Crippen LogP contribution is -2.02. The number of ether oxygens (including phenoxy) is 1. The van der Waals surface area contributed by atoms with E-state index in [1.165, 1.54) is 0 Å². The number of halogens is 2. The summed E-state index contributed by atoms with van der Waals surface area (Å²) in [7, 11) is 0. The van der Waals surface area contributed by atoms with E-state index in [-0.39, 0.29) is 5.25 Å². The van der Waals surface area contributed by atoms with Gasteiger partial charge < -0.3 is 4.74 Å². The smallest absolute Gasteiger partial charge is 0.267 e. The van der Waals surface area contributed by atoms with E-state index >= 15 is 0 Å². The Balaban J connectivity index is 1.50. The molecule has 1 nitrogen and oxygen atoms in total. The highest BCUT2D eigenvalue weighted by Gasteiger charge is 2.10. The summed E-state index contributed by atoms with van der Waals surface area (Å²) in [5, 5.41) is -0.214. The van der Waals surface area contributed by atoms with E-state index in [1.807, 2.05) is 84.9 Å². The van der Waals surface area contributed by atoms with Crippen LogP contribution >= 0.6 is 11.8 Å². The quantitative estimate of drug-likeness (QED) is 0.347. The summed E-state index contributed by atoms with van der Waals surface area (Å²) in [6, 6.07) is 27.9. The predicted molar refractivity (Wildman–Crippen MR) is 117 cm³/mol. The molecular weight excluding hydrogens is 386 g/mol. The van der Waals surface area contributed by atoms with E-state index in [9.17, 15) is 8.78 Å². The molecule has 0 radical (unpaired) electrons. The van der Waals surface area contributed by atoms with Gasteiger partial charge in [0.15, 0.2) is 0 Å². The molecule has 4 heteroatoms. The topological polar surface area (TPSA) is 9.23 Å². The van der Waals surface area contributed by atoms with Crippen LogP contribution in [-0.4, -0.2) is 5.25 Å². The lowest BCUT2D eigenvalue weighted by Gasteiger charge is -2.13. The third kappa shape index (κ3) is 7.74. The van der Waals surface area contributed by atoms with Gasteiger partial charge >= 0.3 is 0 Å². The van der Waals surface area contributed by atoms with Crippen molar-refractivity contribution in [3.63, 3.8) is 0 Å². The maximum absolute atomic E-state index is 12.8. The van der Waals surface area contributed by atoms with Crippen LogP contribution in [-0.2, 0) is 18.8 Å². The molecule has 0 saturated carbocycles. The zero-order chi connectivity index (χ0) is 20.3. The van der Waals surface area contributed by atoms with Gasteiger partial charge in [0, 0.05) is 11.0 Å². The molecule has 0 aliphatic rings. The summed E-state index contributed by atoms with van der Waals surface area (Å²) in [4.78, 5) is 0. The maximum Gasteiger partial charge on any atom is 0.267 e. The van der Waals surface area contributed by atoms with Gasteiger partial charge in [0.2, 0.25) is 0 Å². The van der Waals surface area contributed by atoms with E-state index in [0.29, 0.717) is 13.0 Å². The molecule has 0 heterocycles. The molecular formula is C25H24F2OS. The Morgan fingerprint density at radius 3 is 2.03 bits per heavy atom. The largest absolute Gasteiger partial charge is 0.489 e. The molecule has 0 aromatic heterocycles. The Morgan fingerprint density at radius 1 is 0.793 bits per heavy atom. The molecule has 1 atom stereocenters. The van der Waals surface area contributed by atoms with Crippen LogP contribution in [0.4, 0.5) is 8.78 Å². The first kappa shape index (κ1) is 21.1. The second kappa shape index (κ2) is 11.4. The van der Waals surface area contributed by atoms with Gasteiger partial charge in [0.05, 0.1) is 0 Å². The van der Waals surface area contributed by atoms with Crippen molar-refractivity contribution in [3.05, 3.63) is 114 Å². The van der Waals surface area contributed by atoms with Crippen molar-refractivity contribution >= 4 is 11.8 Å². The second-order valence-electron chi connectivity index (χ2n) is 6.75. The summed E-state index contributed by atoms with van der Waals surface area (Å²) < 4.78 is 31.5. The Morgan fingerprint density at radius 2 is 1.41 bits per heavy atom. The van der Waals surface area contributed by atoms with E-state index in [2.05, 4.69) is 0 Å². The fourth-order valence-corrected chi connectivity index (χ4v) is 4.02. The summed E-state index contributed by atoms with van der Waals surface area (Å²) in [6.07, 6.45) is 0.874. The lowest BCUT2D eigenvalue weighted by atomic mass is 10.1. The van der Waals surface area contributed by atoms with Crippen molar-refractivity contribution in [1.82, 2.24) is 0 Å². The molecule has 150 valence electrons. The van der Waals surface area contributed by atoms with Gasteiger partial charge in [0.25, 0.3) is 6.08 Å². The molecule has 0 amide bonds. The fourth-order valence-electron chi connectivity index (χ4n) is 2.93. The molecule has 3 rings (SSSR count). The van der Waals surface area contributed by atoms with Gasteiger partial charge in [-0.25, -0.2) is 0 Å². The molecule has 29 heavy (non-hydrogen) atoms. The first-order valence-electron chi connectivity index (χ1n) is 9.63. The fraction of sp³-hybridized carbons (Fsp3) is 0.200. The number of rotatable bonds is 10. The van der Waals surface area contributed by atoms with Crippen LogP contribution in [0.5, 0.6) is 5.75 Å². The van der Waals surface area contributed by atoms with Gasteiger partial charge in [-0.15, -0.1) is 11.8 Å². The van der Waals surface area contributed by atoms with Crippen molar-refractivity contribution in [2.45, 2.75) is 30.5 Å². The molecule has 3 aromatic carbocycles. The molecule has 0 fully saturated rings. The van der Waals surface area contributed by atoms with Crippen molar-refractivity contribution in [2.24, 2.45) is 0 Å². The van der Waals surface area contributed by atoms with Crippen LogP contribution in [0.1, 0.15) is 23.1 Å². The number of thioether (sulfide) groups is 1. The summed E-state index contributed by atoms with van der Waals surface area (Å²) >= 11 is 1.55. The number of hydrogen-bond acceptors (Lipinski definition) is 2. The van der Waals surface area contributed by atoms with Crippen LogP contribution in [0, 0.1) is 0 Å². The van der Waals surface area contributed by atoms with Crippen molar-refractivity contribution in [3.8, 4) is 5.75 Å². The van der Waals surface area contributed by atoms with E-state index < -0.39 is 6.08 Å². The van der Waals surface area contributed by atoms with Gasteiger partial charge in [-0.2, -0.15) is 8.78 Å². The second-order valence-corrected chi connectivity index (χ2v) is 7.98. The number of benzene rings is 3. The summed E-state index contributed by atoms with van der Waals surface area (Å²) in [5.74, 6) is 1.53. The minimum Gasteiger partial charge on any atom is -0.489 e. The average molecular weight is 411 g/mol. The highest BCUT2D eigenvalue weighted by atomic mass is 32.2. The SMILES string of the molecule is FC(F)=C[C@@H](CCc1ccc(OCc2ccccc2)cc1)SCc1ccccc1. The lowest BCUT2D eigenvalue weighted by molar-refractivity contribution is 0.306. The zero-order valence-electron chi connectivity index (χ0n) is 16.1. The van der Waals surface area contributed by atoms with E-state index in [0.717, 1.165) is 40.7 Å². The maximum atomic E-state index is 12.8. The molecule has 0 unspecified atom stereocenters. The first-order valence-corrected chi connectivity index (χ1v) is 10.7. The Kier molecular flexibility index (Phi) is 8.32. The molecule has 0 N–H and O–H groups in total. The summed E-state index contributed by atoms with van der Waals surface area (Å²) in [6.45, 7) is 0.527. The van der Waals surface area contributed by atoms with Gasteiger partial charge in [0.1, 0.15) is 12.4 Å². The van der Waals surface area contributed by atoms with E-state index in [4.69, 9.17) is 4.74 Å². The molecule has 0 spiro atoms. The van der Waals surface area contributed by atoms with Crippen LogP contribution < -0.4 is 4.74 Å². The van der Waals surface area contributed by atoms with Crippen LogP contribution in [0.25, 0.3) is 0 Å². The minimum atomic E-state index is -1.61. The molecule has 0 saturated heterocycles. The van der Waals surface area contributed by atoms with E-state index in [1.54, 1.807) is 11.8 Å². The average Bonchev–Trinajstić information content (AvgIpc) is 2.76. The molecule has 3 aromatic rings. The van der Waals surface area contributed by atoms with Crippen LogP contribution in [0.3, 0.4) is 0 Å². The zero-order valence-corrected chi connectivity index (χ0v) is 17.0. The normalized spacial score (nSPS) is 11.7. The third-order valence-corrected chi connectivity index (χ3v) is 5.81. The van der Waals surface area contributed by atoms with Crippen molar-refractivity contribution < 1.29 is 13.5 Å². The third-order valence-electron chi connectivity index (χ3n) is 4.51. The summed E-state index contributed by atoms with van der Waals surface area (Å²) in [5.41, 5.74) is 3.39. The highest BCUT2D eigenvalue weighted by Crippen LogP contribution is 2.25. The first-order chi connectivity index (χ1) is 14.2. The minimum absolute atomic E-state index is 0.214.